The molecule has 3 aromatic carbocycles. The molecule has 158 valence electrons. The summed E-state index contributed by atoms with van der Waals surface area (Å²) >= 11 is 8.17. The van der Waals surface area contributed by atoms with Crippen LogP contribution < -0.4 is 9.64 Å². The molecule has 0 aliphatic carbocycles. The maximum Gasteiger partial charge on any atom is 0.282 e. The van der Waals surface area contributed by atoms with Crippen molar-refractivity contribution < 1.29 is 13.9 Å². The van der Waals surface area contributed by atoms with E-state index in [2.05, 4.69) is 4.99 Å². The molecule has 0 unspecified atom stereocenters. The van der Waals surface area contributed by atoms with Crippen LogP contribution in [0.15, 0.2) is 83.5 Å². The normalized spacial score (nSPS) is 15.0. The fourth-order valence-corrected chi connectivity index (χ4v) is 5.01. The first kappa shape index (κ1) is 20.4. The smallest absolute Gasteiger partial charge is 0.282 e. The summed E-state index contributed by atoms with van der Waals surface area (Å²) in [6.07, 6.45) is 1.71. The third-order valence-electron chi connectivity index (χ3n) is 5.10. The molecule has 1 amide bonds. The van der Waals surface area contributed by atoms with Gasteiger partial charge in [0, 0.05) is 10.1 Å². The third kappa shape index (κ3) is 3.57. The van der Waals surface area contributed by atoms with E-state index in [9.17, 15) is 9.18 Å². The van der Waals surface area contributed by atoms with Gasteiger partial charge >= 0.3 is 0 Å². The fraction of sp³-hybridized carbons (Fsp3) is 0.0400. The average Bonchev–Trinajstić information content (AvgIpc) is 3.32. The summed E-state index contributed by atoms with van der Waals surface area (Å²) < 4.78 is 19.7. The number of carbonyl (C=O) groups excluding carboxylic acids is 1. The van der Waals surface area contributed by atoms with Crippen molar-refractivity contribution in [2.45, 2.75) is 0 Å². The standard InChI is InChI=1S/C25H16ClFN2O2S/c1-31-18-12-6-15(7-13-18)14-20-25(30)29(17-10-8-16(27)9-11-17)24(28-20)23-22(26)19-4-2-3-5-21(19)32-23/h2-14H,1H3/b20-14+. The largest absolute Gasteiger partial charge is 0.497 e. The van der Waals surface area contributed by atoms with Crippen molar-refractivity contribution in [2.24, 2.45) is 4.99 Å². The lowest BCUT2D eigenvalue weighted by Gasteiger charge is -2.17. The number of benzene rings is 3. The zero-order valence-electron chi connectivity index (χ0n) is 16.9. The molecule has 0 bridgehead atoms. The maximum atomic E-state index is 13.5. The molecule has 0 N–H and O–H groups in total. The van der Waals surface area contributed by atoms with Crippen LogP contribution >= 0.6 is 22.9 Å². The van der Waals surface area contributed by atoms with Crippen LogP contribution in [0.4, 0.5) is 10.1 Å². The van der Waals surface area contributed by atoms with Gasteiger partial charge in [-0.2, -0.15) is 0 Å². The number of thiophene rings is 1. The van der Waals surface area contributed by atoms with E-state index in [0.717, 1.165) is 21.4 Å². The molecule has 4 aromatic rings. The number of ether oxygens (including phenoxy) is 1. The summed E-state index contributed by atoms with van der Waals surface area (Å²) in [6.45, 7) is 0. The summed E-state index contributed by atoms with van der Waals surface area (Å²) in [5.74, 6) is 0.454. The Bertz CT molecular complexity index is 1390. The van der Waals surface area contributed by atoms with Gasteiger partial charge < -0.3 is 4.74 Å². The molecule has 7 heteroatoms. The van der Waals surface area contributed by atoms with Gasteiger partial charge in [-0.25, -0.2) is 9.38 Å². The first-order valence-corrected chi connectivity index (χ1v) is 11.0. The Balaban J connectivity index is 1.65. The monoisotopic (exact) mass is 462 g/mol. The van der Waals surface area contributed by atoms with Crippen LogP contribution in [-0.4, -0.2) is 18.9 Å². The highest BCUT2D eigenvalue weighted by Gasteiger charge is 2.35. The van der Waals surface area contributed by atoms with Gasteiger partial charge in [-0.1, -0.05) is 41.9 Å². The number of rotatable bonds is 4. The lowest BCUT2D eigenvalue weighted by molar-refractivity contribution is -0.113. The quantitative estimate of drug-likeness (QED) is 0.323. The van der Waals surface area contributed by atoms with Crippen molar-refractivity contribution in [3.05, 3.63) is 99.8 Å². The van der Waals surface area contributed by atoms with E-state index in [1.807, 2.05) is 48.5 Å². The Morgan fingerprint density at radius 2 is 1.75 bits per heavy atom. The highest BCUT2D eigenvalue weighted by molar-refractivity contribution is 7.21. The number of amidine groups is 1. The molecule has 2 heterocycles. The summed E-state index contributed by atoms with van der Waals surface area (Å²) in [5.41, 5.74) is 1.59. The zero-order valence-corrected chi connectivity index (χ0v) is 18.5. The van der Waals surface area contributed by atoms with Crippen molar-refractivity contribution in [2.75, 3.05) is 12.0 Å². The van der Waals surface area contributed by atoms with Gasteiger partial charge in [0.1, 0.15) is 17.3 Å². The minimum Gasteiger partial charge on any atom is -0.497 e. The number of aliphatic imine (C=N–C) groups is 1. The molecule has 0 spiro atoms. The topological polar surface area (TPSA) is 41.9 Å². The first-order chi connectivity index (χ1) is 15.5. The van der Waals surface area contributed by atoms with Gasteiger partial charge in [-0.05, 0) is 54.1 Å². The second-order valence-electron chi connectivity index (χ2n) is 7.10. The van der Waals surface area contributed by atoms with Crippen molar-refractivity contribution in [1.82, 2.24) is 0 Å². The average molecular weight is 463 g/mol. The van der Waals surface area contributed by atoms with Crippen LogP contribution in [0.1, 0.15) is 10.4 Å². The lowest BCUT2D eigenvalue weighted by atomic mass is 10.2. The Kier molecular flexibility index (Phi) is 5.25. The van der Waals surface area contributed by atoms with E-state index >= 15 is 0 Å². The Hall–Kier alpha value is -3.48. The molecule has 1 aromatic heterocycles. The molecule has 32 heavy (non-hydrogen) atoms. The molecule has 1 aliphatic heterocycles. The van der Waals surface area contributed by atoms with Gasteiger partial charge in [-0.15, -0.1) is 11.3 Å². The molecule has 5 rings (SSSR count). The van der Waals surface area contributed by atoms with E-state index in [4.69, 9.17) is 16.3 Å². The highest BCUT2D eigenvalue weighted by atomic mass is 35.5. The Morgan fingerprint density at radius 3 is 2.44 bits per heavy atom. The molecular weight excluding hydrogens is 447 g/mol. The zero-order chi connectivity index (χ0) is 22.2. The summed E-state index contributed by atoms with van der Waals surface area (Å²) in [5, 5.41) is 1.44. The van der Waals surface area contributed by atoms with E-state index in [0.29, 0.717) is 21.4 Å². The van der Waals surface area contributed by atoms with E-state index < -0.39 is 0 Å². The predicted molar refractivity (Wildman–Crippen MR) is 128 cm³/mol. The molecular formula is C25H16ClFN2O2S. The van der Waals surface area contributed by atoms with Crippen LogP contribution in [0.2, 0.25) is 5.02 Å². The van der Waals surface area contributed by atoms with Crippen LogP contribution in [0.25, 0.3) is 16.2 Å². The summed E-state index contributed by atoms with van der Waals surface area (Å²) in [4.78, 5) is 20.2. The van der Waals surface area contributed by atoms with Crippen LogP contribution in [-0.2, 0) is 4.79 Å². The summed E-state index contributed by atoms with van der Waals surface area (Å²) in [7, 11) is 1.60. The second kappa shape index (κ2) is 8.22. The van der Waals surface area contributed by atoms with Gasteiger partial charge in [0.05, 0.1) is 22.7 Å². The number of nitrogens with zero attached hydrogens (tertiary/aromatic N) is 2. The number of carbonyl (C=O) groups is 1. The Morgan fingerprint density at radius 1 is 1.03 bits per heavy atom. The second-order valence-corrected chi connectivity index (χ2v) is 8.53. The van der Waals surface area contributed by atoms with Gasteiger partial charge in [0.15, 0.2) is 5.84 Å². The SMILES string of the molecule is COc1ccc(/C=C2/N=C(c3sc4ccccc4c3Cl)N(c3ccc(F)cc3)C2=O)cc1. The minimum atomic E-state index is -0.382. The molecule has 0 radical (unpaired) electrons. The number of anilines is 1. The fourth-order valence-electron chi connectivity index (χ4n) is 3.51. The van der Waals surface area contributed by atoms with Gasteiger partial charge in [-0.3, -0.25) is 9.69 Å². The number of halogens is 2. The van der Waals surface area contributed by atoms with E-state index in [1.165, 1.54) is 28.4 Å². The lowest BCUT2D eigenvalue weighted by Crippen LogP contribution is -2.32. The number of hydrogen-bond donors (Lipinski definition) is 0. The molecule has 0 saturated carbocycles. The van der Waals surface area contributed by atoms with E-state index in [1.54, 1.807) is 25.3 Å². The summed E-state index contributed by atoms with van der Waals surface area (Å²) in [6, 6.07) is 20.8. The van der Waals surface area contributed by atoms with Crippen molar-refractivity contribution in [3.8, 4) is 5.75 Å². The molecule has 0 fully saturated rings. The van der Waals surface area contributed by atoms with Crippen molar-refractivity contribution >= 4 is 56.5 Å². The first-order valence-electron chi connectivity index (χ1n) is 9.77. The highest BCUT2D eigenvalue weighted by Crippen LogP contribution is 2.39. The number of fused-ring (bicyclic) bond motifs is 1. The number of amides is 1. The van der Waals surface area contributed by atoms with Crippen LogP contribution in [0, 0.1) is 5.82 Å². The predicted octanol–water partition coefficient (Wildman–Crippen LogP) is 6.54. The van der Waals surface area contributed by atoms with Crippen molar-refractivity contribution in [3.63, 3.8) is 0 Å². The van der Waals surface area contributed by atoms with Crippen LogP contribution in [0.3, 0.4) is 0 Å². The number of hydrogen-bond acceptors (Lipinski definition) is 4. The molecule has 0 atom stereocenters. The Labute approximate surface area is 192 Å². The van der Waals surface area contributed by atoms with Gasteiger partial charge in [0.25, 0.3) is 5.91 Å². The number of methoxy groups -OCH3 is 1. The molecule has 4 nitrogen and oxygen atoms in total. The minimum absolute atomic E-state index is 0.267. The third-order valence-corrected chi connectivity index (χ3v) is 6.77. The van der Waals surface area contributed by atoms with Crippen molar-refractivity contribution in [1.29, 1.82) is 0 Å². The molecule has 0 saturated heterocycles. The van der Waals surface area contributed by atoms with E-state index in [-0.39, 0.29) is 17.4 Å². The molecule has 1 aliphatic rings. The van der Waals surface area contributed by atoms with Gasteiger partial charge in [0.2, 0.25) is 0 Å². The van der Waals surface area contributed by atoms with Crippen LogP contribution in [0.5, 0.6) is 5.75 Å². The maximum absolute atomic E-state index is 13.5.